The highest BCUT2D eigenvalue weighted by molar-refractivity contribution is 5.92. The van der Waals surface area contributed by atoms with Gasteiger partial charge in [-0.25, -0.2) is 9.97 Å². The van der Waals surface area contributed by atoms with Crippen LogP contribution in [0.25, 0.3) is 10.8 Å². The molecule has 1 aliphatic heterocycles. The Hall–Kier alpha value is -5.29. The highest BCUT2D eigenvalue weighted by Crippen LogP contribution is 2.49. The highest BCUT2D eigenvalue weighted by Gasteiger charge is 2.51. The number of para-hydroxylation sites is 1. The molecule has 2 unspecified atom stereocenters. The van der Waals surface area contributed by atoms with Gasteiger partial charge in [-0.05, 0) is 40.1 Å². The van der Waals surface area contributed by atoms with Gasteiger partial charge in [0.05, 0.1) is 13.2 Å². The van der Waals surface area contributed by atoms with Crippen LogP contribution in [-0.2, 0) is 11.2 Å². The first-order chi connectivity index (χ1) is 21.1. The van der Waals surface area contributed by atoms with Gasteiger partial charge in [-0.1, -0.05) is 66.7 Å². The number of aromatic nitrogens is 3. The molecule has 1 amide bonds. The summed E-state index contributed by atoms with van der Waals surface area (Å²) in [6, 6.07) is 30.1. The van der Waals surface area contributed by atoms with E-state index in [-0.39, 0.29) is 12.3 Å². The SMILES string of the molecule is COc1ccccc1C(c1cccc2ccccc12)C(C#N)(Cc1cccnc1)C(=O)N1CCN(c2ncccn2)CC1. The van der Waals surface area contributed by atoms with Gasteiger partial charge in [0.2, 0.25) is 11.9 Å². The standard InChI is InChI=1S/C35H32N6O2/c1-43-31-15-5-4-13-30(31)32(29-14-6-11-27-10-2-3-12-28(27)29)35(25-36,23-26-9-7-16-37-24-26)33(42)40-19-21-41(22-20-40)34-38-17-8-18-39-34/h2-18,24,32H,19-23H2,1H3. The van der Waals surface area contributed by atoms with Gasteiger partial charge in [0.1, 0.15) is 5.75 Å². The minimum absolute atomic E-state index is 0.185. The van der Waals surface area contributed by atoms with Gasteiger partial charge < -0.3 is 14.5 Å². The molecule has 6 rings (SSSR count). The van der Waals surface area contributed by atoms with Crippen molar-refractivity contribution in [3.05, 3.63) is 126 Å². The van der Waals surface area contributed by atoms with Gasteiger partial charge >= 0.3 is 0 Å². The summed E-state index contributed by atoms with van der Waals surface area (Å²) in [6.45, 7) is 2.03. The number of amides is 1. The molecular formula is C35H32N6O2. The second-order valence-electron chi connectivity index (χ2n) is 10.7. The molecule has 0 spiro atoms. The lowest BCUT2D eigenvalue weighted by Crippen LogP contribution is -2.55. The number of benzene rings is 3. The summed E-state index contributed by atoms with van der Waals surface area (Å²) in [7, 11) is 1.63. The summed E-state index contributed by atoms with van der Waals surface area (Å²) in [5, 5.41) is 13.3. The van der Waals surface area contributed by atoms with E-state index in [2.05, 4.69) is 44.1 Å². The average molecular weight is 569 g/mol. The minimum Gasteiger partial charge on any atom is -0.496 e. The van der Waals surface area contributed by atoms with Crippen molar-refractivity contribution in [2.24, 2.45) is 5.41 Å². The summed E-state index contributed by atoms with van der Waals surface area (Å²) in [5.74, 6) is 0.420. The van der Waals surface area contributed by atoms with Crippen molar-refractivity contribution < 1.29 is 9.53 Å². The molecule has 0 aliphatic carbocycles. The van der Waals surface area contributed by atoms with Crippen LogP contribution < -0.4 is 9.64 Å². The lowest BCUT2D eigenvalue weighted by molar-refractivity contribution is -0.140. The van der Waals surface area contributed by atoms with Gasteiger partial charge in [0.25, 0.3) is 0 Å². The Morgan fingerprint density at radius 3 is 2.35 bits per heavy atom. The number of fused-ring (bicyclic) bond motifs is 1. The summed E-state index contributed by atoms with van der Waals surface area (Å²) in [6.07, 6.45) is 7.07. The number of piperazine rings is 1. The summed E-state index contributed by atoms with van der Waals surface area (Å²) >= 11 is 0. The van der Waals surface area contributed by atoms with Crippen LogP contribution in [-0.4, -0.2) is 59.0 Å². The van der Waals surface area contributed by atoms with Gasteiger partial charge in [0.15, 0.2) is 5.41 Å². The van der Waals surface area contributed by atoms with E-state index in [4.69, 9.17) is 4.74 Å². The van der Waals surface area contributed by atoms with Crippen molar-refractivity contribution in [3.63, 3.8) is 0 Å². The second kappa shape index (κ2) is 12.3. The molecule has 1 aliphatic rings. The van der Waals surface area contributed by atoms with Gasteiger partial charge in [-0.3, -0.25) is 9.78 Å². The number of ether oxygens (including phenoxy) is 1. The molecule has 1 saturated heterocycles. The zero-order chi connectivity index (χ0) is 29.6. The number of carbonyl (C=O) groups excluding carboxylic acids is 1. The predicted molar refractivity (Wildman–Crippen MR) is 166 cm³/mol. The van der Waals surface area contributed by atoms with Crippen LogP contribution in [0.2, 0.25) is 0 Å². The fourth-order valence-electron chi connectivity index (χ4n) is 6.23. The number of anilines is 1. The lowest BCUT2D eigenvalue weighted by atomic mass is 9.64. The second-order valence-corrected chi connectivity index (χ2v) is 10.7. The van der Waals surface area contributed by atoms with Crippen molar-refractivity contribution in [2.45, 2.75) is 12.3 Å². The van der Waals surface area contributed by atoms with Crippen LogP contribution in [0, 0.1) is 16.7 Å². The Kier molecular flexibility index (Phi) is 7.96. The van der Waals surface area contributed by atoms with Crippen molar-refractivity contribution in [1.82, 2.24) is 19.9 Å². The van der Waals surface area contributed by atoms with Crippen LogP contribution in [0.15, 0.2) is 110 Å². The molecule has 0 N–H and O–H groups in total. The summed E-state index contributed by atoms with van der Waals surface area (Å²) < 4.78 is 5.87. The molecule has 3 aromatic carbocycles. The minimum atomic E-state index is -1.51. The van der Waals surface area contributed by atoms with Crippen molar-refractivity contribution >= 4 is 22.6 Å². The third-order valence-corrected chi connectivity index (χ3v) is 8.27. The van der Waals surface area contributed by atoms with E-state index in [1.54, 1.807) is 38.0 Å². The van der Waals surface area contributed by atoms with E-state index >= 15 is 4.79 Å². The van der Waals surface area contributed by atoms with E-state index in [1.807, 2.05) is 65.6 Å². The first-order valence-corrected chi connectivity index (χ1v) is 14.4. The monoisotopic (exact) mass is 568 g/mol. The third kappa shape index (κ3) is 5.38. The Morgan fingerprint density at radius 1 is 0.884 bits per heavy atom. The maximum atomic E-state index is 15.0. The van der Waals surface area contributed by atoms with Crippen molar-refractivity contribution in [1.29, 1.82) is 5.26 Å². The molecule has 0 bridgehead atoms. The largest absolute Gasteiger partial charge is 0.496 e. The Balaban J connectivity index is 1.51. The number of rotatable bonds is 8. The normalized spacial score (nSPS) is 15.3. The quantitative estimate of drug-likeness (QED) is 0.252. The van der Waals surface area contributed by atoms with E-state index in [9.17, 15) is 5.26 Å². The smallest absolute Gasteiger partial charge is 0.244 e. The molecular weight excluding hydrogens is 536 g/mol. The number of pyridine rings is 1. The summed E-state index contributed by atoms with van der Waals surface area (Å²) in [5.41, 5.74) is 0.996. The van der Waals surface area contributed by atoms with E-state index < -0.39 is 11.3 Å². The number of hydrogen-bond donors (Lipinski definition) is 0. The van der Waals surface area contributed by atoms with Crippen LogP contribution in [0.3, 0.4) is 0 Å². The van der Waals surface area contributed by atoms with Gasteiger partial charge in [0, 0.05) is 68.9 Å². The van der Waals surface area contributed by atoms with E-state index in [1.165, 1.54) is 0 Å². The van der Waals surface area contributed by atoms with E-state index in [0.717, 1.165) is 27.5 Å². The Labute approximate surface area is 251 Å². The molecule has 2 atom stereocenters. The molecule has 3 heterocycles. The molecule has 8 heteroatoms. The molecule has 43 heavy (non-hydrogen) atoms. The topological polar surface area (TPSA) is 95.2 Å². The number of hydrogen-bond acceptors (Lipinski definition) is 7. The third-order valence-electron chi connectivity index (χ3n) is 8.27. The lowest BCUT2D eigenvalue weighted by Gasteiger charge is -2.42. The molecule has 5 aromatic rings. The zero-order valence-corrected chi connectivity index (χ0v) is 24.0. The van der Waals surface area contributed by atoms with Crippen LogP contribution in [0.1, 0.15) is 22.6 Å². The number of nitriles is 1. The van der Waals surface area contributed by atoms with E-state index in [0.29, 0.717) is 37.9 Å². The zero-order valence-electron chi connectivity index (χ0n) is 24.0. The van der Waals surface area contributed by atoms with Crippen molar-refractivity contribution in [3.8, 4) is 11.8 Å². The number of carbonyl (C=O) groups is 1. The Bertz CT molecular complexity index is 1740. The number of nitrogens with zero attached hydrogens (tertiary/aromatic N) is 6. The molecule has 0 radical (unpaired) electrons. The molecule has 0 saturated carbocycles. The van der Waals surface area contributed by atoms with Crippen LogP contribution in [0.4, 0.5) is 5.95 Å². The van der Waals surface area contributed by atoms with Crippen LogP contribution in [0.5, 0.6) is 5.75 Å². The Morgan fingerprint density at radius 2 is 1.60 bits per heavy atom. The fraction of sp³-hybridized carbons (Fsp3) is 0.229. The molecule has 2 aromatic heterocycles. The van der Waals surface area contributed by atoms with Crippen LogP contribution >= 0.6 is 0 Å². The predicted octanol–water partition coefficient (Wildman–Crippen LogP) is 5.27. The number of methoxy groups -OCH3 is 1. The highest BCUT2D eigenvalue weighted by atomic mass is 16.5. The van der Waals surface area contributed by atoms with Crippen molar-refractivity contribution in [2.75, 3.05) is 38.2 Å². The first-order valence-electron chi connectivity index (χ1n) is 14.4. The maximum Gasteiger partial charge on any atom is 0.244 e. The van der Waals surface area contributed by atoms with Gasteiger partial charge in [-0.2, -0.15) is 5.26 Å². The molecule has 8 nitrogen and oxygen atoms in total. The maximum absolute atomic E-state index is 15.0. The molecule has 1 fully saturated rings. The first kappa shape index (κ1) is 27.9. The average Bonchev–Trinajstić information content (AvgIpc) is 3.09. The summed E-state index contributed by atoms with van der Waals surface area (Å²) in [4.78, 5) is 32.0. The fourth-order valence-corrected chi connectivity index (χ4v) is 6.23. The van der Waals surface area contributed by atoms with Gasteiger partial charge in [-0.15, -0.1) is 0 Å². The molecule has 214 valence electrons.